The van der Waals surface area contributed by atoms with Crippen molar-refractivity contribution in [1.29, 1.82) is 0 Å². The van der Waals surface area contributed by atoms with Gasteiger partial charge in [0.25, 0.3) is 0 Å². The SMILES string of the molecule is CC1(C)OB(B2OC(C)(C)C(C)(C)O2)OC1(C)C.CC1(C)OB(c2ccc(-c3nc(-c4ccccc4)nc(-c4ccccc4)n3)cc2)OC1(C)C.Clc1ccc2c(c1)C1(c3ccccc3Sc3c(-c4ccc(-c5nc(-c6ccccc6)nc(-c6ccccc6)n5)cc4)cccc31)c1cccc(Cl)c1-2.Clc1cccc2c1-c1ccccc1C21c2ccccc2Sc2c(Br)cccc21. The summed E-state index contributed by atoms with van der Waals surface area (Å²) in [5.74, 6) is 3.84. The van der Waals surface area contributed by atoms with Gasteiger partial charge >= 0.3 is 21.1 Å². The van der Waals surface area contributed by atoms with Crippen LogP contribution in [0.4, 0.5) is 0 Å². The fraction of sp³-hybridized carbons (Fsp3) is 0.182. The van der Waals surface area contributed by atoms with Crippen molar-refractivity contribution in [1.82, 2.24) is 29.9 Å². The molecule has 2 unspecified atom stereocenters. The van der Waals surface area contributed by atoms with Crippen LogP contribution in [0.3, 0.4) is 0 Å². The molecule has 3 saturated heterocycles. The van der Waals surface area contributed by atoms with Crippen LogP contribution in [0.25, 0.3) is 102 Å². The number of halogens is 4. The van der Waals surface area contributed by atoms with Gasteiger partial charge in [0, 0.05) is 83.6 Å². The van der Waals surface area contributed by atoms with Crippen LogP contribution in [0, 0.1) is 0 Å². The Labute approximate surface area is 798 Å². The van der Waals surface area contributed by atoms with E-state index in [1.807, 2.05) is 243 Å². The van der Waals surface area contributed by atoms with Crippen molar-refractivity contribution in [2.75, 3.05) is 0 Å². The Balaban J connectivity index is 0.000000117. The van der Waals surface area contributed by atoms with Gasteiger partial charge in [-0.25, -0.2) is 29.9 Å². The first-order chi connectivity index (χ1) is 63.0. The Morgan fingerprint density at radius 2 is 0.565 bits per heavy atom. The summed E-state index contributed by atoms with van der Waals surface area (Å²) < 4.78 is 37.4. The molecule has 0 N–H and O–H groups in total. The van der Waals surface area contributed by atoms with E-state index in [0.717, 1.165) is 86.7 Å². The second kappa shape index (κ2) is 34.3. The van der Waals surface area contributed by atoms with Gasteiger partial charge < -0.3 is 27.9 Å². The molecule has 2 spiro atoms. The highest BCUT2D eigenvalue weighted by atomic mass is 79.9. The van der Waals surface area contributed by atoms with Crippen LogP contribution in [0.15, 0.2) is 358 Å². The Hall–Kier alpha value is -10.9. The van der Waals surface area contributed by atoms with Crippen molar-refractivity contribution >= 4 is 101 Å². The molecule has 7 aliphatic rings. The molecule has 12 nitrogen and oxygen atoms in total. The van der Waals surface area contributed by atoms with Gasteiger partial charge in [0.05, 0.1) is 44.4 Å². The van der Waals surface area contributed by atoms with Crippen LogP contribution < -0.4 is 5.46 Å². The van der Waals surface area contributed by atoms with E-state index >= 15 is 0 Å². The van der Waals surface area contributed by atoms with Gasteiger partial charge in [0.1, 0.15) is 0 Å². The third-order valence-corrected chi connectivity index (χ3v) is 31.4. The van der Waals surface area contributed by atoms with E-state index in [9.17, 15) is 0 Å². The third kappa shape index (κ3) is 15.5. The molecule has 2 atom stereocenters. The predicted octanol–water partition coefficient (Wildman–Crippen LogP) is 28.0. The highest BCUT2D eigenvalue weighted by molar-refractivity contribution is 9.10. The number of hydrogen-bond acceptors (Lipinski definition) is 14. The van der Waals surface area contributed by atoms with Crippen LogP contribution in [0.2, 0.25) is 15.1 Å². The first kappa shape index (κ1) is 88.1. The summed E-state index contributed by atoms with van der Waals surface area (Å²) in [6.45, 7) is 24.4. The van der Waals surface area contributed by atoms with Crippen LogP contribution in [-0.4, -0.2) is 84.6 Å². The smallest absolute Gasteiger partial charge is 0.405 e. The Kier molecular flexibility index (Phi) is 23.0. The Bertz CT molecular complexity index is 6920. The van der Waals surface area contributed by atoms with Crippen molar-refractivity contribution in [3.05, 3.63) is 398 Å². The number of nitrogens with zero attached hydrogens (tertiary/aromatic N) is 6. The van der Waals surface area contributed by atoms with Crippen LogP contribution in [-0.2, 0) is 38.8 Å². The topological polar surface area (TPSA) is 133 Å². The van der Waals surface area contributed by atoms with Gasteiger partial charge in [-0.1, -0.05) is 350 Å². The maximum absolute atomic E-state index is 7.02. The highest BCUT2D eigenvalue weighted by Gasteiger charge is 2.64. The van der Waals surface area contributed by atoms with E-state index in [1.165, 1.54) is 64.1 Å². The van der Waals surface area contributed by atoms with Crippen LogP contribution in [0.5, 0.6) is 0 Å². The number of fused-ring (bicyclic) bond motifs is 18. The van der Waals surface area contributed by atoms with Crippen molar-refractivity contribution in [2.24, 2.45) is 0 Å². The zero-order valence-corrected chi connectivity index (χ0v) is 79.9. The zero-order chi connectivity index (χ0) is 90.7. The molecule has 0 radical (unpaired) electrons. The number of benzene rings is 14. The molecular formula is C110H91B3BrCl3N6O6S2. The molecule has 0 amide bonds. The second-order valence-electron chi connectivity index (χ2n) is 36.7. The number of rotatable bonds is 9. The summed E-state index contributed by atoms with van der Waals surface area (Å²) in [5.41, 5.74) is 20.3. The third-order valence-electron chi connectivity index (χ3n) is 27.2. The summed E-state index contributed by atoms with van der Waals surface area (Å²) in [6.07, 6.45) is 0. The summed E-state index contributed by atoms with van der Waals surface area (Å²) in [6, 6.07) is 115. The lowest BCUT2D eigenvalue weighted by molar-refractivity contribution is 0.00578. The second-order valence-corrected chi connectivity index (χ2v) is 40.9. The maximum Gasteiger partial charge on any atom is 0.494 e. The first-order valence-electron chi connectivity index (χ1n) is 44.0. The number of hydrogen-bond donors (Lipinski definition) is 0. The summed E-state index contributed by atoms with van der Waals surface area (Å²) >= 11 is 28.1. The van der Waals surface area contributed by atoms with Gasteiger partial charge in [-0.15, -0.1) is 0 Å². The average Bonchev–Trinajstić information content (AvgIpc) is 1.53. The van der Waals surface area contributed by atoms with E-state index in [2.05, 4.69) is 213 Å². The minimum absolute atomic E-state index is 0.349. The van der Waals surface area contributed by atoms with Gasteiger partial charge in [-0.05, 0) is 214 Å². The molecule has 16 aromatic rings. The minimum Gasteiger partial charge on any atom is -0.405 e. The van der Waals surface area contributed by atoms with E-state index < -0.39 is 26.6 Å². The van der Waals surface area contributed by atoms with Gasteiger partial charge in [0.2, 0.25) is 0 Å². The maximum atomic E-state index is 7.02. The van der Waals surface area contributed by atoms with Crippen molar-refractivity contribution in [3.8, 4) is 102 Å². The fourth-order valence-electron chi connectivity index (χ4n) is 18.5. The average molecular weight is 1880 g/mol. The lowest BCUT2D eigenvalue weighted by atomic mass is 9.49. The molecule has 23 rings (SSSR count). The molecule has 21 heteroatoms. The molecule has 5 aliphatic heterocycles. The molecular weight excluding hydrogens is 1780 g/mol. The zero-order valence-electron chi connectivity index (χ0n) is 74.4. The van der Waals surface area contributed by atoms with Crippen LogP contribution >= 0.6 is 74.3 Å². The van der Waals surface area contributed by atoms with Gasteiger partial charge in [0.15, 0.2) is 34.9 Å². The van der Waals surface area contributed by atoms with Gasteiger partial charge in [-0.3, -0.25) is 0 Å². The molecule has 0 bridgehead atoms. The van der Waals surface area contributed by atoms with E-state index in [-0.39, 0.29) is 39.0 Å². The van der Waals surface area contributed by atoms with E-state index in [1.54, 1.807) is 0 Å². The molecule has 646 valence electrons. The Morgan fingerprint density at radius 3 is 1.00 bits per heavy atom. The summed E-state index contributed by atoms with van der Waals surface area (Å²) in [4.78, 5) is 34.1. The summed E-state index contributed by atoms with van der Waals surface area (Å²) in [7, 11) is -1.35. The largest absolute Gasteiger partial charge is 0.494 e. The van der Waals surface area contributed by atoms with E-state index in [0.29, 0.717) is 40.0 Å². The standard InChI is InChI=1S/C46H27Cl2N3S.C27H26BN3O2.C25H14BrClS.C12H24B2O4/c47-32-25-26-34-38(27-32)46(36-17-10-19-39(48)41(34)36)35-16-7-8-20-40(35)52-42-33(15-9-18-37(42)46)28-21-23-31(24-22-28)45-50-43(29-11-3-1-4-12-29)49-44(51-45)30-13-5-2-6-14-30;1-26(2)27(3,4)33-28(32-26)22-17-15-21(16-18-22)25-30-23(19-11-7-5-8-12-19)29-24(31-25)20-13-9-6-10-14-20;26-20-12-5-11-19-24(20)28-22-14-4-3-9-17(22)25(19)16-8-2-1-7-15(16)23-18(25)10-6-13-21(23)27;1-9(2)10(3,4)16-13(15-9)14-17-11(5,6)12(7,8)18-14/h1-27H;5-18H,1-4H3;1-14H;1-8H3. The fourth-order valence-corrected chi connectivity index (χ4v) is 22.4. The first-order valence-corrected chi connectivity index (χ1v) is 47.6. The monoisotopic (exact) mass is 1870 g/mol. The molecule has 7 heterocycles. The van der Waals surface area contributed by atoms with Crippen LogP contribution in [0.1, 0.15) is 128 Å². The molecule has 14 aromatic carbocycles. The predicted molar refractivity (Wildman–Crippen MR) is 538 cm³/mol. The van der Waals surface area contributed by atoms with E-state index in [4.69, 9.17) is 92.6 Å². The molecule has 3 fully saturated rings. The quantitative estimate of drug-likeness (QED) is 0.127. The van der Waals surface area contributed by atoms with Crippen molar-refractivity contribution < 1.29 is 27.9 Å². The van der Waals surface area contributed by atoms with Crippen molar-refractivity contribution in [2.45, 2.75) is 147 Å². The molecule has 2 aromatic heterocycles. The summed E-state index contributed by atoms with van der Waals surface area (Å²) in [5, 5.41) is 2.26. The molecule has 0 saturated carbocycles. The lowest BCUT2D eigenvalue weighted by Gasteiger charge is -2.40. The number of aromatic nitrogens is 6. The molecule has 2 aliphatic carbocycles. The highest BCUT2D eigenvalue weighted by Crippen LogP contribution is 2.67. The van der Waals surface area contributed by atoms with Crippen molar-refractivity contribution in [3.63, 3.8) is 0 Å². The lowest BCUT2D eigenvalue weighted by Crippen LogP contribution is -2.41. The Morgan fingerprint density at radius 1 is 0.260 bits per heavy atom. The minimum atomic E-state index is -0.583. The van der Waals surface area contributed by atoms with Gasteiger partial charge in [-0.2, -0.15) is 0 Å². The molecule has 131 heavy (non-hydrogen) atoms. The normalized spacial score (nSPS) is 18.5.